The number of ether oxygens (including phenoxy) is 1. The average Bonchev–Trinajstić information content (AvgIpc) is 3.31. The van der Waals surface area contributed by atoms with E-state index in [9.17, 15) is 4.79 Å². The van der Waals surface area contributed by atoms with E-state index in [0.29, 0.717) is 6.61 Å². The lowest BCUT2D eigenvalue weighted by atomic mass is 9.98. The largest absolute Gasteiger partial charge is 0.363 e. The van der Waals surface area contributed by atoms with Gasteiger partial charge in [-0.25, -0.2) is 0 Å². The third kappa shape index (κ3) is 2.83. The maximum Gasteiger partial charge on any atom is 0.252 e. The molecule has 96 valence electrons. The summed E-state index contributed by atoms with van der Waals surface area (Å²) in [5.41, 5.74) is 2.14. The van der Waals surface area contributed by atoms with E-state index in [1.54, 1.807) is 0 Å². The summed E-state index contributed by atoms with van der Waals surface area (Å²) in [7, 11) is 0. The number of amides is 1. The molecule has 0 spiro atoms. The van der Waals surface area contributed by atoms with Crippen LogP contribution in [-0.4, -0.2) is 18.6 Å². The fourth-order valence-corrected chi connectivity index (χ4v) is 2.08. The monoisotopic (exact) mass is 253 g/mol. The standard InChI is InChI=1S/C16H15NO2/c18-16(14-11-19-14)17-15(12-7-3-1-4-8-12)13-9-5-2-6-10-13/h1-10,14-15H,11H2,(H,17,18). The molecule has 3 heteroatoms. The van der Waals surface area contributed by atoms with Gasteiger partial charge in [-0.15, -0.1) is 0 Å². The quantitative estimate of drug-likeness (QED) is 0.849. The van der Waals surface area contributed by atoms with Gasteiger partial charge in [0.1, 0.15) is 0 Å². The zero-order valence-corrected chi connectivity index (χ0v) is 10.5. The fourth-order valence-electron chi connectivity index (χ4n) is 2.08. The lowest BCUT2D eigenvalue weighted by molar-refractivity contribution is -0.122. The minimum Gasteiger partial charge on any atom is -0.363 e. The second kappa shape index (κ2) is 5.24. The predicted octanol–water partition coefficient (Wildman–Crippen LogP) is 2.29. The van der Waals surface area contributed by atoms with Crippen molar-refractivity contribution in [3.05, 3.63) is 71.8 Å². The highest BCUT2D eigenvalue weighted by Gasteiger charge is 2.33. The summed E-state index contributed by atoms with van der Waals surface area (Å²) >= 11 is 0. The van der Waals surface area contributed by atoms with E-state index in [1.165, 1.54) is 0 Å². The number of benzene rings is 2. The second-order valence-corrected chi connectivity index (χ2v) is 4.58. The van der Waals surface area contributed by atoms with Gasteiger partial charge in [0.05, 0.1) is 12.6 Å². The number of hydrogen-bond acceptors (Lipinski definition) is 2. The molecule has 1 aliphatic rings. The molecular weight excluding hydrogens is 238 g/mol. The molecule has 1 fully saturated rings. The first-order valence-electron chi connectivity index (χ1n) is 6.36. The second-order valence-electron chi connectivity index (χ2n) is 4.58. The molecular formula is C16H15NO2. The molecule has 0 radical (unpaired) electrons. The summed E-state index contributed by atoms with van der Waals surface area (Å²) in [4.78, 5) is 11.9. The number of carbonyl (C=O) groups excluding carboxylic acids is 1. The van der Waals surface area contributed by atoms with Gasteiger partial charge in [-0.2, -0.15) is 0 Å². The van der Waals surface area contributed by atoms with Gasteiger partial charge in [0, 0.05) is 0 Å². The molecule has 2 aromatic carbocycles. The van der Waals surface area contributed by atoms with E-state index >= 15 is 0 Å². The van der Waals surface area contributed by atoms with Gasteiger partial charge in [-0.3, -0.25) is 4.79 Å². The predicted molar refractivity (Wildman–Crippen MR) is 72.6 cm³/mol. The Morgan fingerprint density at radius 1 is 1.00 bits per heavy atom. The van der Waals surface area contributed by atoms with Gasteiger partial charge in [0.15, 0.2) is 6.10 Å². The highest BCUT2D eigenvalue weighted by Crippen LogP contribution is 2.23. The zero-order valence-electron chi connectivity index (χ0n) is 10.5. The minimum atomic E-state index is -0.269. The molecule has 3 rings (SSSR count). The molecule has 3 nitrogen and oxygen atoms in total. The van der Waals surface area contributed by atoms with Crippen LogP contribution in [0.3, 0.4) is 0 Å². The van der Waals surface area contributed by atoms with Gasteiger partial charge in [0.25, 0.3) is 5.91 Å². The van der Waals surface area contributed by atoms with Crippen LogP contribution in [0, 0.1) is 0 Å². The first-order chi connectivity index (χ1) is 9.34. The Morgan fingerprint density at radius 2 is 1.47 bits per heavy atom. The van der Waals surface area contributed by atoms with Gasteiger partial charge in [-0.05, 0) is 11.1 Å². The van der Waals surface area contributed by atoms with Crippen molar-refractivity contribution in [2.24, 2.45) is 0 Å². The van der Waals surface area contributed by atoms with Gasteiger partial charge in [0.2, 0.25) is 0 Å². The Hall–Kier alpha value is -2.13. The molecule has 0 aliphatic carbocycles. The van der Waals surface area contributed by atoms with Crippen molar-refractivity contribution in [1.82, 2.24) is 5.32 Å². The van der Waals surface area contributed by atoms with Crippen LogP contribution in [0.2, 0.25) is 0 Å². The molecule has 0 bridgehead atoms. The molecule has 19 heavy (non-hydrogen) atoms. The Balaban J connectivity index is 1.89. The molecule has 1 saturated heterocycles. The minimum absolute atomic E-state index is 0.0438. The highest BCUT2D eigenvalue weighted by molar-refractivity contribution is 5.83. The average molecular weight is 253 g/mol. The van der Waals surface area contributed by atoms with Crippen molar-refractivity contribution in [2.75, 3.05) is 6.61 Å². The Kier molecular flexibility index (Phi) is 3.29. The Bertz CT molecular complexity index is 510. The van der Waals surface area contributed by atoms with Crippen molar-refractivity contribution in [2.45, 2.75) is 12.1 Å². The fraction of sp³-hybridized carbons (Fsp3) is 0.188. The van der Waals surface area contributed by atoms with Crippen molar-refractivity contribution in [3.63, 3.8) is 0 Å². The van der Waals surface area contributed by atoms with E-state index < -0.39 is 0 Å². The topological polar surface area (TPSA) is 41.6 Å². The van der Waals surface area contributed by atoms with Crippen molar-refractivity contribution in [3.8, 4) is 0 Å². The number of hydrogen-bond donors (Lipinski definition) is 1. The smallest absolute Gasteiger partial charge is 0.252 e. The normalized spacial score (nSPS) is 17.2. The van der Waals surface area contributed by atoms with Gasteiger partial charge in [-0.1, -0.05) is 60.7 Å². The van der Waals surface area contributed by atoms with Crippen LogP contribution in [0.1, 0.15) is 17.2 Å². The van der Waals surface area contributed by atoms with Gasteiger partial charge < -0.3 is 10.1 Å². The van der Waals surface area contributed by atoms with Crippen molar-refractivity contribution >= 4 is 5.91 Å². The van der Waals surface area contributed by atoms with E-state index in [-0.39, 0.29) is 18.1 Å². The van der Waals surface area contributed by atoms with E-state index in [2.05, 4.69) is 5.32 Å². The van der Waals surface area contributed by atoms with Crippen LogP contribution in [0.5, 0.6) is 0 Å². The third-order valence-corrected chi connectivity index (χ3v) is 3.18. The van der Waals surface area contributed by atoms with Crippen LogP contribution < -0.4 is 5.32 Å². The SMILES string of the molecule is O=C(NC(c1ccccc1)c1ccccc1)C1CO1. The lowest BCUT2D eigenvalue weighted by Crippen LogP contribution is -2.32. The molecule has 0 aromatic heterocycles. The third-order valence-electron chi connectivity index (χ3n) is 3.18. The molecule has 1 unspecified atom stereocenters. The van der Waals surface area contributed by atoms with Crippen LogP contribution in [-0.2, 0) is 9.53 Å². The first kappa shape index (κ1) is 11.9. The Morgan fingerprint density at radius 3 is 1.89 bits per heavy atom. The van der Waals surface area contributed by atoms with Crippen LogP contribution in [0.15, 0.2) is 60.7 Å². The first-order valence-corrected chi connectivity index (χ1v) is 6.36. The Labute approximate surface area is 112 Å². The van der Waals surface area contributed by atoms with Crippen molar-refractivity contribution in [1.29, 1.82) is 0 Å². The zero-order chi connectivity index (χ0) is 13.1. The number of carbonyl (C=O) groups is 1. The number of rotatable bonds is 4. The lowest BCUT2D eigenvalue weighted by Gasteiger charge is -2.19. The van der Waals surface area contributed by atoms with Gasteiger partial charge >= 0.3 is 0 Å². The van der Waals surface area contributed by atoms with E-state index in [1.807, 2.05) is 60.7 Å². The summed E-state index contributed by atoms with van der Waals surface area (Å²) in [5.74, 6) is -0.0438. The number of epoxide rings is 1. The maximum atomic E-state index is 11.9. The van der Waals surface area contributed by atoms with Crippen LogP contribution in [0.25, 0.3) is 0 Å². The molecule has 1 N–H and O–H groups in total. The maximum absolute atomic E-state index is 11.9. The van der Waals surface area contributed by atoms with E-state index in [4.69, 9.17) is 4.74 Å². The van der Waals surface area contributed by atoms with Crippen molar-refractivity contribution < 1.29 is 9.53 Å². The molecule has 2 aromatic rings. The molecule has 1 heterocycles. The summed E-state index contributed by atoms with van der Waals surface area (Å²) in [6.45, 7) is 0.530. The molecule has 1 amide bonds. The van der Waals surface area contributed by atoms with Crippen LogP contribution >= 0.6 is 0 Å². The molecule has 1 aliphatic heterocycles. The summed E-state index contributed by atoms with van der Waals surface area (Å²) < 4.78 is 5.03. The molecule has 1 atom stereocenters. The number of nitrogens with one attached hydrogen (secondary N) is 1. The summed E-state index contributed by atoms with van der Waals surface area (Å²) in [6, 6.07) is 19.8. The summed E-state index contributed by atoms with van der Waals surface area (Å²) in [5, 5.41) is 3.05. The van der Waals surface area contributed by atoms with E-state index in [0.717, 1.165) is 11.1 Å². The molecule has 0 saturated carbocycles. The highest BCUT2D eigenvalue weighted by atomic mass is 16.6. The summed E-state index contributed by atoms with van der Waals surface area (Å²) in [6.07, 6.45) is -0.269. The van der Waals surface area contributed by atoms with Crippen LogP contribution in [0.4, 0.5) is 0 Å².